The van der Waals surface area contributed by atoms with Gasteiger partial charge in [0, 0.05) is 25.7 Å². The van der Waals surface area contributed by atoms with Gasteiger partial charge >= 0.3 is 0 Å². The quantitative estimate of drug-likeness (QED) is 0.852. The Kier molecular flexibility index (Phi) is 3.58. The van der Waals surface area contributed by atoms with Crippen LogP contribution in [0, 0.1) is 6.92 Å². The van der Waals surface area contributed by atoms with Gasteiger partial charge in [-0.2, -0.15) is 4.31 Å². The fourth-order valence-corrected chi connectivity index (χ4v) is 4.57. The van der Waals surface area contributed by atoms with Crippen molar-refractivity contribution in [3.05, 3.63) is 53.0 Å². The summed E-state index contributed by atoms with van der Waals surface area (Å²) in [6, 6.07) is 10.2. The highest BCUT2D eigenvalue weighted by Gasteiger charge is 2.37. The third kappa shape index (κ3) is 2.67. The Bertz CT molecular complexity index is 872. The van der Waals surface area contributed by atoms with Gasteiger partial charge in [-0.25, -0.2) is 18.4 Å². The lowest BCUT2D eigenvalue weighted by molar-refractivity contribution is 0.198. The molecule has 2 aromatic rings. The minimum atomic E-state index is -3.19. The third-order valence-electron chi connectivity index (χ3n) is 4.75. The van der Waals surface area contributed by atoms with Crippen molar-refractivity contribution in [2.75, 3.05) is 17.7 Å². The van der Waals surface area contributed by atoms with Crippen LogP contribution in [0.5, 0.6) is 0 Å². The van der Waals surface area contributed by atoms with Gasteiger partial charge in [-0.15, -0.1) is 0 Å². The number of sulfonamides is 1. The lowest BCUT2D eigenvalue weighted by Crippen LogP contribution is -2.44. The van der Waals surface area contributed by atoms with E-state index >= 15 is 0 Å². The van der Waals surface area contributed by atoms with Crippen molar-refractivity contribution in [3.63, 3.8) is 0 Å². The molecule has 0 spiro atoms. The van der Waals surface area contributed by atoms with E-state index < -0.39 is 10.0 Å². The van der Waals surface area contributed by atoms with Crippen molar-refractivity contribution in [2.45, 2.75) is 32.5 Å². The molecule has 0 N–H and O–H groups in total. The van der Waals surface area contributed by atoms with E-state index in [1.54, 1.807) is 0 Å². The molecule has 0 aliphatic carbocycles. The Morgan fingerprint density at radius 2 is 1.79 bits per heavy atom. The van der Waals surface area contributed by atoms with Gasteiger partial charge in [0.05, 0.1) is 18.0 Å². The minimum absolute atomic E-state index is 0.162. The van der Waals surface area contributed by atoms with E-state index in [2.05, 4.69) is 39.1 Å². The van der Waals surface area contributed by atoms with E-state index in [0.29, 0.717) is 12.4 Å². The molecule has 0 saturated carbocycles. The molecule has 0 amide bonds. The summed E-state index contributed by atoms with van der Waals surface area (Å²) in [5, 5.41) is 0. The van der Waals surface area contributed by atoms with Gasteiger partial charge in [-0.1, -0.05) is 24.3 Å². The number of fused-ring (bicyclic) bond motifs is 1. The topological polar surface area (TPSA) is 66.4 Å². The Hall–Kier alpha value is -1.99. The maximum atomic E-state index is 11.8. The van der Waals surface area contributed by atoms with Crippen molar-refractivity contribution >= 4 is 15.8 Å². The molecule has 1 aromatic carbocycles. The Morgan fingerprint density at radius 1 is 1.12 bits per heavy atom. The second-order valence-electron chi connectivity index (χ2n) is 6.50. The lowest BCUT2D eigenvalue weighted by Gasteiger charge is -2.38. The Labute approximate surface area is 142 Å². The van der Waals surface area contributed by atoms with Crippen LogP contribution in [0.15, 0.2) is 30.3 Å². The maximum absolute atomic E-state index is 11.8. The molecule has 24 heavy (non-hydrogen) atoms. The van der Waals surface area contributed by atoms with Crippen LogP contribution < -0.4 is 4.90 Å². The first kappa shape index (κ1) is 15.5. The number of benzene rings is 1. The first-order valence-corrected chi connectivity index (χ1v) is 9.91. The normalized spacial score (nSPS) is 20.8. The highest BCUT2D eigenvalue weighted by Crippen LogP contribution is 2.36. The second kappa shape index (κ2) is 5.53. The van der Waals surface area contributed by atoms with Crippen molar-refractivity contribution in [3.8, 4) is 0 Å². The van der Waals surface area contributed by atoms with E-state index in [9.17, 15) is 8.42 Å². The molecule has 6 nitrogen and oxygen atoms in total. The van der Waals surface area contributed by atoms with Crippen LogP contribution in [0.2, 0.25) is 0 Å². The lowest BCUT2D eigenvalue weighted by atomic mass is 10.0. The van der Waals surface area contributed by atoms with Crippen molar-refractivity contribution in [2.24, 2.45) is 0 Å². The zero-order valence-electron chi connectivity index (χ0n) is 13.8. The van der Waals surface area contributed by atoms with Crippen LogP contribution in [0.4, 0.5) is 5.82 Å². The first-order chi connectivity index (χ1) is 11.4. The summed E-state index contributed by atoms with van der Waals surface area (Å²) in [6.07, 6.45) is 2.06. The molecule has 126 valence electrons. The molecule has 7 heteroatoms. The number of nitrogens with zero attached hydrogens (tertiary/aromatic N) is 4. The number of hydrogen-bond donors (Lipinski definition) is 0. The standard InChI is InChI=1S/C17H20N4O2S/c1-12-18-15(16-7-8-21(16)24(2,22)23)9-17(19-12)20-10-13-5-3-4-6-14(13)11-20/h3-6,9,16H,7-8,10-11H2,1-2H3/t16-/m1/s1. The van der Waals surface area contributed by atoms with E-state index in [0.717, 1.165) is 31.0 Å². The number of rotatable bonds is 3. The average molecular weight is 344 g/mol. The van der Waals surface area contributed by atoms with Crippen LogP contribution in [0.3, 0.4) is 0 Å². The van der Waals surface area contributed by atoms with Gasteiger partial charge in [0.2, 0.25) is 10.0 Å². The molecule has 3 heterocycles. The van der Waals surface area contributed by atoms with Gasteiger partial charge in [-0.3, -0.25) is 0 Å². The van der Waals surface area contributed by atoms with Crippen LogP contribution in [-0.2, 0) is 23.1 Å². The first-order valence-electron chi connectivity index (χ1n) is 8.06. The highest BCUT2D eigenvalue weighted by atomic mass is 32.2. The summed E-state index contributed by atoms with van der Waals surface area (Å²) in [6.45, 7) is 4.08. The Morgan fingerprint density at radius 3 is 2.33 bits per heavy atom. The highest BCUT2D eigenvalue weighted by molar-refractivity contribution is 7.88. The van der Waals surface area contributed by atoms with Gasteiger partial charge in [0.1, 0.15) is 11.6 Å². The fourth-order valence-electron chi connectivity index (χ4n) is 3.46. The molecular formula is C17H20N4O2S. The SMILES string of the molecule is Cc1nc([C@H]2CCN2S(C)(=O)=O)cc(N2Cc3ccccc3C2)n1. The van der Waals surface area contributed by atoms with E-state index in [4.69, 9.17) is 0 Å². The average Bonchev–Trinajstić information content (AvgIpc) is 2.87. The molecule has 1 aromatic heterocycles. The van der Waals surface area contributed by atoms with Crippen molar-refractivity contribution < 1.29 is 8.42 Å². The summed E-state index contributed by atoms with van der Waals surface area (Å²) >= 11 is 0. The largest absolute Gasteiger partial charge is 0.348 e. The van der Waals surface area contributed by atoms with E-state index in [1.165, 1.54) is 21.7 Å². The van der Waals surface area contributed by atoms with Gasteiger partial charge in [0.15, 0.2) is 0 Å². The van der Waals surface area contributed by atoms with Gasteiger partial charge in [0.25, 0.3) is 0 Å². The summed E-state index contributed by atoms with van der Waals surface area (Å²) in [4.78, 5) is 11.3. The van der Waals surface area contributed by atoms with E-state index in [-0.39, 0.29) is 6.04 Å². The monoisotopic (exact) mass is 344 g/mol. The van der Waals surface area contributed by atoms with Crippen LogP contribution in [-0.4, -0.2) is 35.5 Å². The molecule has 1 fully saturated rings. The molecule has 1 atom stereocenters. The van der Waals surface area contributed by atoms with Gasteiger partial charge in [-0.05, 0) is 24.5 Å². The van der Waals surface area contributed by atoms with Gasteiger partial charge < -0.3 is 4.90 Å². The van der Waals surface area contributed by atoms with Crippen molar-refractivity contribution in [1.29, 1.82) is 0 Å². The fraction of sp³-hybridized carbons (Fsp3) is 0.412. The molecule has 0 bridgehead atoms. The summed E-state index contributed by atoms with van der Waals surface area (Å²) < 4.78 is 25.2. The zero-order chi connectivity index (χ0) is 16.9. The second-order valence-corrected chi connectivity index (χ2v) is 8.44. The smallest absolute Gasteiger partial charge is 0.211 e. The maximum Gasteiger partial charge on any atom is 0.211 e. The molecule has 0 unspecified atom stereocenters. The summed E-state index contributed by atoms with van der Waals surface area (Å²) in [7, 11) is -3.19. The number of hydrogen-bond acceptors (Lipinski definition) is 5. The Balaban J connectivity index is 1.64. The van der Waals surface area contributed by atoms with E-state index in [1.807, 2.05) is 13.0 Å². The predicted molar refractivity (Wildman–Crippen MR) is 92.0 cm³/mol. The molecule has 1 saturated heterocycles. The predicted octanol–water partition coefficient (Wildman–Crippen LogP) is 2.01. The number of aryl methyl sites for hydroxylation is 1. The summed E-state index contributed by atoms with van der Waals surface area (Å²) in [5.74, 6) is 1.55. The minimum Gasteiger partial charge on any atom is -0.348 e. The van der Waals surface area contributed by atoms with Crippen LogP contribution >= 0.6 is 0 Å². The number of aromatic nitrogens is 2. The van der Waals surface area contributed by atoms with Crippen LogP contribution in [0.1, 0.15) is 35.1 Å². The molecule has 2 aliphatic rings. The molecule has 0 radical (unpaired) electrons. The summed E-state index contributed by atoms with van der Waals surface area (Å²) in [5.41, 5.74) is 3.43. The third-order valence-corrected chi connectivity index (χ3v) is 6.04. The van der Waals surface area contributed by atoms with Crippen LogP contribution in [0.25, 0.3) is 0 Å². The number of anilines is 1. The zero-order valence-corrected chi connectivity index (χ0v) is 14.6. The van der Waals surface area contributed by atoms with Crippen molar-refractivity contribution in [1.82, 2.24) is 14.3 Å². The molecule has 2 aliphatic heterocycles. The molecule has 4 rings (SSSR count). The molecular weight excluding hydrogens is 324 g/mol.